The first-order chi connectivity index (χ1) is 27.0. The number of quaternary nitrogens is 1. The maximum Gasteiger partial charge on any atom is 0.312 e. The molecule has 0 radical (unpaired) electrons. The number of carbonyl (C=O) groups excluding carboxylic acids is 2. The second kappa shape index (κ2) is 35.7. The maximum atomic E-state index is 12.7. The van der Waals surface area contributed by atoms with E-state index in [9.17, 15) is 9.59 Å². The molecule has 2 rings (SSSR count). The number of carbonyl (C=O) groups is 2. The van der Waals surface area contributed by atoms with Crippen molar-refractivity contribution in [2.45, 2.75) is 221 Å². The Kier molecular flexibility index (Phi) is 35.1. The van der Waals surface area contributed by atoms with Crippen LogP contribution in [0.3, 0.4) is 0 Å². The van der Waals surface area contributed by atoms with Crippen LogP contribution in [0, 0.1) is 11.8 Å². The highest BCUT2D eigenvalue weighted by Gasteiger charge is 2.39. The Morgan fingerprint density at radius 1 is 0.684 bits per heavy atom. The van der Waals surface area contributed by atoms with Crippen molar-refractivity contribution in [3.8, 4) is 5.88 Å². The van der Waals surface area contributed by atoms with Gasteiger partial charge in [-0.2, -0.15) is 4.37 Å². The van der Waals surface area contributed by atoms with Crippen molar-refractivity contribution in [3.05, 3.63) is 11.8 Å². The predicted octanol–water partition coefficient (Wildman–Crippen LogP) is 10.9. The minimum Gasteiger partial charge on any atom is -1.00 e. The molecule has 0 spiro atoms. The lowest BCUT2D eigenvalue weighted by Gasteiger charge is -2.43. The fourth-order valence-corrected chi connectivity index (χ4v) is 7.76. The minimum absolute atomic E-state index is 0. The van der Waals surface area contributed by atoms with Crippen LogP contribution in [0.2, 0.25) is 0 Å². The molecule has 334 valence electrons. The molecular formula is C46H85ClIN3O5S. The Balaban J connectivity index is 0.00000133. The topological polar surface area (TPSA) is 87.6 Å². The van der Waals surface area contributed by atoms with Crippen molar-refractivity contribution in [2.75, 3.05) is 26.7 Å². The fourth-order valence-electron chi connectivity index (χ4n) is 6.99. The molecule has 0 saturated heterocycles. The van der Waals surface area contributed by atoms with Crippen molar-refractivity contribution in [1.29, 1.82) is 0 Å². The van der Waals surface area contributed by atoms with Crippen molar-refractivity contribution in [2.24, 2.45) is 11.8 Å². The third-order valence-electron chi connectivity index (χ3n) is 10.8. The lowest BCUT2D eigenvalue weighted by Crippen LogP contribution is -3.00. The molecule has 0 amide bonds. The summed E-state index contributed by atoms with van der Waals surface area (Å²) < 4.78 is 27.1. The molecule has 8 nitrogen and oxygen atoms in total. The SMILES string of the molecule is CCCCCCCCCCCC(Cl)OC(=O)C(C)C.CCCCCCCCCCCC(OC(=O)C(C)C)[N+]1(C)CCC=C(c2nsnc2OCCCCCC)C1.[I-]. The van der Waals surface area contributed by atoms with Gasteiger partial charge < -0.3 is 38.2 Å². The van der Waals surface area contributed by atoms with Crippen LogP contribution < -0.4 is 28.7 Å². The van der Waals surface area contributed by atoms with Gasteiger partial charge in [-0.1, -0.05) is 188 Å². The van der Waals surface area contributed by atoms with E-state index in [0.29, 0.717) is 17.0 Å². The number of hydrogen-bond donors (Lipinski definition) is 0. The van der Waals surface area contributed by atoms with Crippen LogP contribution in [-0.4, -0.2) is 63.7 Å². The van der Waals surface area contributed by atoms with Gasteiger partial charge >= 0.3 is 11.9 Å². The van der Waals surface area contributed by atoms with Crippen LogP contribution in [0.1, 0.15) is 215 Å². The third-order valence-corrected chi connectivity index (χ3v) is 11.6. The summed E-state index contributed by atoms with van der Waals surface area (Å²) in [6.07, 6.45) is 32.7. The van der Waals surface area contributed by atoms with Gasteiger partial charge in [0.1, 0.15) is 12.2 Å². The van der Waals surface area contributed by atoms with E-state index in [2.05, 4.69) is 42.6 Å². The molecule has 0 saturated carbocycles. The molecule has 1 aromatic rings. The first kappa shape index (κ1) is 56.0. The molecule has 1 aliphatic heterocycles. The first-order valence-electron chi connectivity index (χ1n) is 23.0. The molecule has 0 N–H and O–H groups in total. The number of ether oxygens (including phenoxy) is 3. The van der Waals surface area contributed by atoms with Gasteiger partial charge in [-0.05, 0) is 25.7 Å². The molecule has 0 aliphatic carbocycles. The molecule has 0 bridgehead atoms. The molecule has 1 aromatic heterocycles. The number of hydrogen-bond acceptors (Lipinski definition) is 8. The summed E-state index contributed by atoms with van der Waals surface area (Å²) in [5, 5.41) is 0. The van der Waals surface area contributed by atoms with Crippen LogP contribution in [0.15, 0.2) is 6.08 Å². The summed E-state index contributed by atoms with van der Waals surface area (Å²) in [5.74, 6) is 0.159. The van der Waals surface area contributed by atoms with E-state index in [-0.39, 0.29) is 54.0 Å². The first-order valence-corrected chi connectivity index (χ1v) is 24.2. The fraction of sp³-hybridized carbons (Fsp3) is 0.870. The monoisotopic (exact) mass is 953 g/mol. The van der Waals surface area contributed by atoms with Gasteiger partial charge in [-0.3, -0.25) is 14.1 Å². The van der Waals surface area contributed by atoms with Gasteiger partial charge in [0.15, 0.2) is 5.56 Å². The largest absolute Gasteiger partial charge is 1.00 e. The van der Waals surface area contributed by atoms with Gasteiger partial charge in [-0.25, -0.2) is 0 Å². The molecule has 57 heavy (non-hydrogen) atoms. The number of esters is 2. The summed E-state index contributed by atoms with van der Waals surface area (Å²) in [6.45, 7) is 16.6. The van der Waals surface area contributed by atoms with Crippen LogP contribution in [-0.2, 0) is 19.1 Å². The normalized spacial score (nSPS) is 16.3. The zero-order chi connectivity index (χ0) is 41.4. The van der Waals surface area contributed by atoms with Crippen LogP contribution >= 0.6 is 23.3 Å². The lowest BCUT2D eigenvalue weighted by atomic mass is 10.0. The van der Waals surface area contributed by atoms with Gasteiger partial charge in [0.05, 0.1) is 43.8 Å². The molecule has 0 aromatic carbocycles. The van der Waals surface area contributed by atoms with E-state index < -0.39 is 5.56 Å². The maximum absolute atomic E-state index is 12.7. The van der Waals surface area contributed by atoms with Gasteiger partial charge in [0.2, 0.25) is 6.23 Å². The Hall–Kier alpha value is -0.980. The van der Waals surface area contributed by atoms with Crippen molar-refractivity contribution in [3.63, 3.8) is 0 Å². The minimum atomic E-state index is -0.445. The van der Waals surface area contributed by atoms with Crippen molar-refractivity contribution >= 4 is 40.8 Å². The molecule has 0 fully saturated rings. The Morgan fingerprint density at radius 3 is 1.65 bits per heavy atom. The van der Waals surface area contributed by atoms with E-state index in [4.69, 9.17) is 25.8 Å². The number of halogens is 2. The van der Waals surface area contributed by atoms with Crippen molar-refractivity contribution < 1.29 is 52.3 Å². The lowest BCUT2D eigenvalue weighted by molar-refractivity contribution is -0.947. The zero-order valence-corrected chi connectivity index (χ0v) is 41.5. The van der Waals surface area contributed by atoms with E-state index in [1.54, 1.807) is 0 Å². The van der Waals surface area contributed by atoms with Crippen LogP contribution in [0.5, 0.6) is 5.88 Å². The number of likely N-dealkylation sites (N-methyl/N-ethyl adjacent to an activating group) is 1. The van der Waals surface area contributed by atoms with Crippen molar-refractivity contribution in [1.82, 2.24) is 8.75 Å². The number of nitrogens with zero attached hydrogens (tertiary/aromatic N) is 3. The molecule has 3 atom stereocenters. The van der Waals surface area contributed by atoms with Crippen LogP contribution in [0.4, 0.5) is 0 Å². The summed E-state index contributed by atoms with van der Waals surface area (Å²) >= 11 is 7.19. The number of rotatable bonds is 32. The number of aromatic nitrogens is 2. The third kappa shape index (κ3) is 26.8. The highest BCUT2D eigenvalue weighted by molar-refractivity contribution is 6.99. The standard InChI is InChI=1S/C30H54N3O3S.C16H31ClO2.HI/c1-6-8-10-12-13-14-15-16-17-21-27(36-30(34)25(3)4)33(5)22-19-20-26(24-33)28-29(32-37-31-28)35-23-18-11-9-7-2;1-4-5-6-7-8-9-10-11-12-13-15(17)19-16(18)14(2)3;/h20,25,27H,6-19,21-24H2,1-5H3;14-15H,4-13H2,1-3H3;1H/q+1;;/p-1. The molecule has 3 unspecified atom stereocenters. The second-order valence-corrected chi connectivity index (χ2v) is 18.0. The van der Waals surface area contributed by atoms with E-state index in [1.807, 2.05) is 27.7 Å². The summed E-state index contributed by atoms with van der Waals surface area (Å²) in [6, 6.07) is 0. The van der Waals surface area contributed by atoms with E-state index >= 15 is 0 Å². The van der Waals surface area contributed by atoms with Crippen LogP contribution in [0.25, 0.3) is 5.57 Å². The Morgan fingerprint density at radius 2 is 1.14 bits per heavy atom. The predicted molar refractivity (Wildman–Crippen MR) is 237 cm³/mol. The van der Waals surface area contributed by atoms with E-state index in [0.717, 1.165) is 57.3 Å². The van der Waals surface area contributed by atoms with Gasteiger partial charge in [-0.15, -0.1) is 4.37 Å². The summed E-state index contributed by atoms with van der Waals surface area (Å²) in [7, 11) is 2.24. The quantitative estimate of drug-likeness (QED) is 0.0234. The number of unbranched alkanes of at least 4 members (excludes halogenated alkanes) is 19. The van der Waals surface area contributed by atoms with E-state index in [1.165, 1.54) is 139 Å². The van der Waals surface area contributed by atoms with Gasteiger partial charge in [0.25, 0.3) is 5.88 Å². The smallest absolute Gasteiger partial charge is 0.312 e. The highest BCUT2D eigenvalue weighted by Crippen LogP contribution is 2.33. The summed E-state index contributed by atoms with van der Waals surface area (Å²) in [5.41, 5.74) is 1.60. The molecule has 1 aliphatic rings. The second-order valence-electron chi connectivity index (χ2n) is 17.0. The zero-order valence-electron chi connectivity index (χ0n) is 37.7. The Labute approximate surface area is 376 Å². The summed E-state index contributed by atoms with van der Waals surface area (Å²) in [4.78, 5) is 24.0. The average Bonchev–Trinajstić information content (AvgIpc) is 3.64. The molecule has 11 heteroatoms. The molecule has 2 heterocycles. The average molecular weight is 955 g/mol. The molecular weight excluding hydrogens is 869 g/mol. The highest BCUT2D eigenvalue weighted by atomic mass is 127. The van der Waals surface area contributed by atoms with Gasteiger partial charge in [0, 0.05) is 18.4 Å². The Bertz CT molecular complexity index is 1170. The number of alkyl halides is 1.